The maximum absolute atomic E-state index is 6.04. The molecule has 1 saturated carbocycles. The molecule has 0 spiro atoms. The van der Waals surface area contributed by atoms with Crippen molar-refractivity contribution < 1.29 is 4.74 Å². The number of pyridine rings is 1. The molecular weight excluding hydrogens is 300 g/mol. The second-order valence-corrected chi connectivity index (χ2v) is 7.23. The van der Waals surface area contributed by atoms with Gasteiger partial charge in [-0.25, -0.2) is 4.98 Å². The highest BCUT2D eigenvalue weighted by atomic mass is 16.5. The topological polar surface area (TPSA) is 63.4 Å². The summed E-state index contributed by atoms with van der Waals surface area (Å²) in [5, 5.41) is 3.55. The SMILES string of the molecule is CCOC1CCC(N2CCC(Nc3nc(C)ccc3N)CC2)CC1. The van der Waals surface area contributed by atoms with Crippen LogP contribution < -0.4 is 11.1 Å². The Labute approximate surface area is 146 Å². The van der Waals surface area contributed by atoms with Crippen LogP contribution in [0, 0.1) is 6.92 Å². The third-order valence-corrected chi connectivity index (χ3v) is 5.50. The number of nitrogens with one attached hydrogen (secondary N) is 1. The third-order valence-electron chi connectivity index (χ3n) is 5.50. The molecule has 1 aliphatic carbocycles. The van der Waals surface area contributed by atoms with Crippen LogP contribution in [0.1, 0.15) is 51.1 Å². The molecule has 0 bridgehead atoms. The van der Waals surface area contributed by atoms with Crippen LogP contribution in [0.3, 0.4) is 0 Å². The van der Waals surface area contributed by atoms with Crippen LogP contribution in [0.2, 0.25) is 0 Å². The fourth-order valence-electron chi connectivity index (χ4n) is 4.10. The minimum absolute atomic E-state index is 0.484. The Kier molecular flexibility index (Phi) is 5.95. The fraction of sp³-hybridized carbons (Fsp3) is 0.737. The average molecular weight is 332 g/mol. The van der Waals surface area contributed by atoms with E-state index in [1.165, 1.54) is 51.6 Å². The summed E-state index contributed by atoms with van der Waals surface area (Å²) in [6, 6.07) is 5.14. The summed E-state index contributed by atoms with van der Waals surface area (Å²) in [4.78, 5) is 7.23. The monoisotopic (exact) mass is 332 g/mol. The molecule has 0 aromatic carbocycles. The van der Waals surface area contributed by atoms with E-state index in [0.29, 0.717) is 12.1 Å². The Morgan fingerprint density at radius 1 is 1.17 bits per heavy atom. The lowest BCUT2D eigenvalue weighted by Crippen LogP contribution is -2.46. The molecule has 3 N–H and O–H groups in total. The molecular formula is C19H32N4O. The van der Waals surface area contributed by atoms with Crippen LogP contribution in [0.5, 0.6) is 0 Å². The van der Waals surface area contributed by atoms with Gasteiger partial charge in [-0.15, -0.1) is 0 Å². The van der Waals surface area contributed by atoms with Crippen molar-refractivity contribution in [3.8, 4) is 0 Å². The van der Waals surface area contributed by atoms with E-state index >= 15 is 0 Å². The lowest BCUT2D eigenvalue weighted by molar-refractivity contribution is 0.00993. The number of aromatic nitrogens is 1. The molecule has 1 saturated heterocycles. The maximum atomic E-state index is 6.04. The summed E-state index contributed by atoms with van der Waals surface area (Å²) in [6.07, 6.45) is 7.85. The fourth-order valence-corrected chi connectivity index (χ4v) is 4.10. The highest BCUT2D eigenvalue weighted by Crippen LogP contribution is 2.28. The van der Waals surface area contributed by atoms with Crippen LogP contribution in [0.15, 0.2) is 12.1 Å². The summed E-state index contributed by atoms with van der Waals surface area (Å²) in [5.41, 5.74) is 7.80. The van der Waals surface area contributed by atoms with Crippen molar-refractivity contribution in [1.82, 2.24) is 9.88 Å². The van der Waals surface area contributed by atoms with Gasteiger partial charge in [0.25, 0.3) is 0 Å². The Bertz CT molecular complexity index is 520. The number of hydrogen-bond acceptors (Lipinski definition) is 5. The van der Waals surface area contributed by atoms with Gasteiger partial charge in [-0.3, -0.25) is 0 Å². The number of nitrogens with two attached hydrogens (primary N) is 1. The van der Waals surface area contributed by atoms with Gasteiger partial charge in [0.15, 0.2) is 0 Å². The molecule has 2 fully saturated rings. The largest absolute Gasteiger partial charge is 0.396 e. The number of rotatable bonds is 5. The summed E-state index contributed by atoms with van der Waals surface area (Å²) in [7, 11) is 0. The van der Waals surface area contributed by atoms with E-state index in [4.69, 9.17) is 10.5 Å². The molecule has 0 radical (unpaired) electrons. The van der Waals surface area contributed by atoms with Crippen molar-refractivity contribution in [2.75, 3.05) is 30.7 Å². The van der Waals surface area contributed by atoms with E-state index in [9.17, 15) is 0 Å². The Balaban J connectivity index is 1.45. The first-order valence-electron chi connectivity index (χ1n) is 9.51. The lowest BCUT2D eigenvalue weighted by atomic mass is 9.90. The van der Waals surface area contributed by atoms with E-state index in [1.807, 2.05) is 19.1 Å². The van der Waals surface area contributed by atoms with Crippen LogP contribution in [-0.2, 0) is 4.74 Å². The zero-order valence-corrected chi connectivity index (χ0v) is 15.1. The van der Waals surface area contributed by atoms with Crippen molar-refractivity contribution in [3.63, 3.8) is 0 Å². The predicted octanol–water partition coefficient (Wildman–Crippen LogP) is 3.20. The van der Waals surface area contributed by atoms with Crippen molar-refractivity contribution >= 4 is 11.5 Å². The molecule has 5 nitrogen and oxygen atoms in total. The first-order valence-corrected chi connectivity index (χ1v) is 9.51. The quantitative estimate of drug-likeness (QED) is 0.867. The number of ether oxygens (including phenoxy) is 1. The number of nitrogens with zero attached hydrogens (tertiary/aromatic N) is 2. The zero-order chi connectivity index (χ0) is 16.9. The molecule has 2 aliphatic rings. The minimum Gasteiger partial charge on any atom is -0.396 e. The van der Waals surface area contributed by atoms with Gasteiger partial charge < -0.3 is 20.7 Å². The second kappa shape index (κ2) is 8.17. The second-order valence-electron chi connectivity index (χ2n) is 7.23. The number of aryl methyl sites for hydroxylation is 1. The van der Waals surface area contributed by atoms with E-state index in [1.54, 1.807) is 0 Å². The molecule has 5 heteroatoms. The van der Waals surface area contributed by atoms with Gasteiger partial charge >= 0.3 is 0 Å². The van der Waals surface area contributed by atoms with Gasteiger partial charge in [-0.1, -0.05) is 0 Å². The number of hydrogen-bond donors (Lipinski definition) is 2. The van der Waals surface area contributed by atoms with Gasteiger partial charge in [0.1, 0.15) is 5.82 Å². The smallest absolute Gasteiger partial charge is 0.149 e. The molecule has 3 rings (SSSR count). The molecule has 0 atom stereocenters. The third kappa shape index (κ3) is 4.39. The van der Waals surface area contributed by atoms with Crippen LogP contribution in [0.4, 0.5) is 11.5 Å². The normalized spacial score (nSPS) is 26.4. The number of anilines is 2. The first-order chi connectivity index (χ1) is 11.7. The number of likely N-dealkylation sites (tertiary alicyclic amines) is 1. The van der Waals surface area contributed by atoms with Crippen molar-refractivity contribution in [3.05, 3.63) is 17.8 Å². The molecule has 0 unspecified atom stereocenters. The van der Waals surface area contributed by atoms with Gasteiger partial charge in [-0.2, -0.15) is 0 Å². The minimum atomic E-state index is 0.484. The lowest BCUT2D eigenvalue weighted by Gasteiger charge is -2.41. The van der Waals surface area contributed by atoms with E-state index in [0.717, 1.165) is 29.8 Å². The molecule has 1 aromatic heterocycles. The van der Waals surface area contributed by atoms with Crippen LogP contribution in [0.25, 0.3) is 0 Å². The first kappa shape index (κ1) is 17.5. The Morgan fingerprint density at radius 3 is 2.54 bits per heavy atom. The van der Waals surface area contributed by atoms with E-state index in [2.05, 4.69) is 22.1 Å². The van der Waals surface area contributed by atoms with Crippen molar-refractivity contribution in [2.24, 2.45) is 0 Å². The highest BCUT2D eigenvalue weighted by Gasteiger charge is 2.29. The van der Waals surface area contributed by atoms with E-state index < -0.39 is 0 Å². The molecule has 24 heavy (non-hydrogen) atoms. The van der Waals surface area contributed by atoms with Crippen LogP contribution in [-0.4, -0.2) is 47.8 Å². The predicted molar refractivity (Wildman–Crippen MR) is 99.3 cm³/mol. The molecule has 2 heterocycles. The summed E-state index contributed by atoms with van der Waals surface area (Å²) < 4.78 is 5.78. The standard InChI is InChI=1S/C19H32N4O/c1-3-24-17-7-5-16(6-8-17)23-12-10-15(11-13-23)22-19-18(20)9-4-14(2)21-19/h4,9,15-17H,3,5-8,10-13,20H2,1-2H3,(H,21,22). The van der Waals surface area contributed by atoms with Gasteiger partial charge in [0.05, 0.1) is 11.8 Å². The molecule has 1 aliphatic heterocycles. The van der Waals surface area contributed by atoms with Gasteiger partial charge in [0, 0.05) is 37.5 Å². The summed E-state index contributed by atoms with van der Waals surface area (Å²) >= 11 is 0. The average Bonchev–Trinajstić information content (AvgIpc) is 2.60. The zero-order valence-electron chi connectivity index (χ0n) is 15.1. The Morgan fingerprint density at radius 2 is 1.88 bits per heavy atom. The Hall–Kier alpha value is -1.33. The number of nitrogen functional groups attached to an aromatic ring is 1. The molecule has 134 valence electrons. The molecule has 1 aromatic rings. The maximum Gasteiger partial charge on any atom is 0.149 e. The summed E-state index contributed by atoms with van der Waals surface area (Å²) in [6.45, 7) is 7.30. The van der Waals surface area contributed by atoms with Gasteiger partial charge in [-0.05, 0) is 64.5 Å². The summed E-state index contributed by atoms with van der Waals surface area (Å²) in [5.74, 6) is 0.852. The van der Waals surface area contributed by atoms with Crippen LogP contribution >= 0.6 is 0 Å². The van der Waals surface area contributed by atoms with E-state index in [-0.39, 0.29) is 0 Å². The highest BCUT2D eigenvalue weighted by molar-refractivity contribution is 5.61. The molecule has 0 amide bonds. The van der Waals surface area contributed by atoms with Crippen molar-refractivity contribution in [1.29, 1.82) is 0 Å². The number of piperidine rings is 1. The van der Waals surface area contributed by atoms with Gasteiger partial charge in [0.2, 0.25) is 0 Å². The van der Waals surface area contributed by atoms with Crippen molar-refractivity contribution in [2.45, 2.75) is 70.6 Å².